The monoisotopic (exact) mass is 349 g/mol. The van der Waals surface area contributed by atoms with Gasteiger partial charge in [-0.25, -0.2) is 4.79 Å². The number of benzene rings is 1. The van der Waals surface area contributed by atoms with Crippen LogP contribution < -0.4 is 5.32 Å². The van der Waals surface area contributed by atoms with Gasteiger partial charge in [0.2, 0.25) is 5.91 Å². The van der Waals surface area contributed by atoms with Gasteiger partial charge in [0.05, 0.1) is 11.5 Å². The Morgan fingerprint density at radius 3 is 2.68 bits per heavy atom. The number of hydrogen-bond donors (Lipinski definition) is 2. The predicted molar refractivity (Wildman–Crippen MR) is 87.2 cm³/mol. The molecule has 0 saturated carbocycles. The van der Waals surface area contributed by atoms with Crippen LogP contribution in [0.4, 0.5) is 5.69 Å². The van der Waals surface area contributed by atoms with E-state index in [2.05, 4.69) is 5.32 Å². The lowest BCUT2D eigenvalue weighted by molar-refractivity contribution is -0.385. The van der Waals surface area contributed by atoms with Crippen LogP contribution in [0.3, 0.4) is 0 Å². The summed E-state index contributed by atoms with van der Waals surface area (Å²) >= 11 is 0. The normalized spacial score (nSPS) is 17.0. The van der Waals surface area contributed by atoms with E-state index in [-0.39, 0.29) is 17.8 Å². The molecule has 1 aliphatic heterocycles. The van der Waals surface area contributed by atoms with Crippen LogP contribution in [-0.2, 0) is 9.59 Å². The maximum Gasteiger partial charge on any atom is 0.326 e. The smallest absolute Gasteiger partial charge is 0.326 e. The summed E-state index contributed by atoms with van der Waals surface area (Å²) in [4.78, 5) is 47.1. The molecule has 2 N–H and O–H groups in total. The highest BCUT2D eigenvalue weighted by Gasteiger charge is 2.31. The lowest BCUT2D eigenvalue weighted by atomic mass is 10.0. The third kappa shape index (κ3) is 4.31. The lowest BCUT2D eigenvalue weighted by Gasteiger charge is -2.33. The molecule has 25 heavy (non-hydrogen) atoms. The number of nitro benzene ring substituents is 1. The zero-order valence-corrected chi connectivity index (χ0v) is 13.7. The highest BCUT2D eigenvalue weighted by Crippen LogP contribution is 2.19. The lowest BCUT2D eigenvalue weighted by Crippen LogP contribution is -2.51. The molecule has 9 heteroatoms. The van der Waals surface area contributed by atoms with Crippen molar-refractivity contribution in [2.75, 3.05) is 13.1 Å². The Balaban J connectivity index is 1.99. The Kier molecular flexibility index (Phi) is 5.68. The van der Waals surface area contributed by atoms with Gasteiger partial charge in [-0.2, -0.15) is 0 Å². The number of carboxylic acid groups (broad SMARTS) is 1. The highest BCUT2D eigenvalue weighted by atomic mass is 16.6. The first kappa shape index (κ1) is 18.4. The number of piperidine rings is 1. The topological polar surface area (TPSA) is 130 Å². The van der Waals surface area contributed by atoms with E-state index >= 15 is 0 Å². The number of nitrogens with one attached hydrogen (secondary N) is 1. The minimum absolute atomic E-state index is 0.0924. The van der Waals surface area contributed by atoms with Gasteiger partial charge >= 0.3 is 5.97 Å². The molecule has 2 rings (SSSR count). The van der Waals surface area contributed by atoms with Crippen molar-refractivity contribution in [2.45, 2.75) is 32.2 Å². The zero-order chi connectivity index (χ0) is 18.6. The summed E-state index contributed by atoms with van der Waals surface area (Å²) in [5, 5.41) is 22.4. The summed E-state index contributed by atoms with van der Waals surface area (Å²) in [5.74, 6) is -2.06. The molecule has 1 aromatic rings. The molecule has 1 fully saturated rings. The van der Waals surface area contributed by atoms with Crippen molar-refractivity contribution in [2.24, 2.45) is 0 Å². The number of likely N-dealkylation sites (tertiary alicyclic amines) is 1. The van der Waals surface area contributed by atoms with Gasteiger partial charge in [-0.15, -0.1) is 0 Å². The first-order chi connectivity index (χ1) is 11.8. The van der Waals surface area contributed by atoms with Gasteiger partial charge in [-0.3, -0.25) is 19.7 Å². The van der Waals surface area contributed by atoms with Crippen LogP contribution in [0.1, 0.15) is 35.2 Å². The van der Waals surface area contributed by atoms with Crippen molar-refractivity contribution in [1.29, 1.82) is 0 Å². The van der Waals surface area contributed by atoms with E-state index in [0.29, 0.717) is 18.5 Å². The maximum atomic E-state index is 12.2. The van der Waals surface area contributed by atoms with Crippen molar-refractivity contribution < 1.29 is 24.4 Å². The van der Waals surface area contributed by atoms with E-state index in [9.17, 15) is 29.6 Å². The Labute approximate surface area is 143 Å². The number of rotatable bonds is 5. The molecular weight excluding hydrogens is 330 g/mol. The van der Waals surface area contributed by atoms with E-state index < -0.39 is 28.7 Å². The summed E-state index contributed by atoms with van der Waals surface area (Å²) < 4.78 is 0. The standard InChI is InChI=1S/C16H19N3O6/c1-10-8-11(5-6-12(10)19(24)25)15(21)17-9-14(20)18-7-3-2-4-13(18)16(22)23/h5-6,8,13H,2-4,7,9H2,1H3,(H,17,21)(H,22,23)/t13-/m1/s1. The van der Waals surface area contributed by atoms with Crippen molar-refractivity contribution in [3.8, 4) is 0 Å². The second-order valence-corrected chi connectivity index (χ2v) is 5.88. The molecule has 9 nitrogen and oxygen atoms in total. The number of carbonyl (C=O) groups excluding carboxylic acids is 2. The third-order valence-electron chi connectivity index (χ3n) is 4.16. The van der Waals surface area contributed by atoms with Crippen LogP contribution in [0.15, 0.2) is 18.2 Å². The second kappa shape index (κ2) is 7.73. The number of carbonyl (C=O) groups is 3. The number of nitrogens with zero attached hydrogens (tertiary/aromatic N) is 2. The fourth-order valence-electron chi connectivity index (χ4n) is 2.85. The predicted octanol–water partition coefficient (Wildman–Crippen LogP) is 1.10. The van der Waals surface area contributed by atoms with E-state index in [0.717, 1.165) is 12.8 Å². The van der Waals surface area contributed by atoms with Gasteiger partial charge in [0, 0.05) is 23.7 Å². The fourth-order valence-corrected chi connectivity index (χ4v) is 2.85. The average molecular weight is 349 g/mol. The molecule has 2 amide bonds. The van der Waals surface area contributed by atoms with Gasteiger partial charge in [0.15, 0.2) is 0 Å². The molecule has 1 aliphatic rings. The number of carboxylic acids is 1. The molecule has 134 valence electrons. The summed E-state index contributed by atoms with van der Waals surface area (Å²) in [7, 11) is 0. The van der Waals surface area contributed by atoms with Gasteiger partial charge in [0.25, 0.3) is 11.6 Å². The first-order valence-corrected chi connectivity index (χ1v) is 7.86. The van der Waals surface area contributed by atoms with E-state index in [4.69, 9.17) is 0 Å². The number of aryl methyl sites for hydroxylation is 1. The molecule has 1 atom stereocenters. The van der Waals surface area contributed by atoms with Crippen molar-refractivity contribution in [1.82, 2.24) is 10.2 Å². The SMILES string of the molecule is Cc1cc(C(=O)NCC(=O)N2CCCC[C@@H]2C(=O)O)ccc1[N+](=O)[O-]. The number of aliphatic carboxylic acids is 1. The van der Waals surface area contributed by atoms with E-state index in [1.165, 1.54) is 30.0 Å². The van der Waals surface area contributed by atoms with Crippen LogP contribution in [0.5, 0.6) is 0 Å². The van der Waals surface area contributed by atoms with Crippen LogP contribution >= 0.6 is 0 Å². The largest absolute Gasteiger partial charge is 0.480 e. The molecule has 0 aromatic heterocycles. The zero-order valence-electron chi connectivity index (χ0n) is 13.7. The van der Waals surface area contributed by atoms with Crippen molar-refractivity contribution in [3.63, 3.8) is 0 Å². The minimum atomic E-state index is -1.05. The fraction of sp³-hybridized carbons (Fsp3) is 0.438. The Hall–Kier alpha value is -2.97. The molecule has 0 unspecified atom stereocenters. The molecule has 0 bridgehead atoms. The molecule has 1 heterocycles. The second-order valence-electron chi connectivity index (χ2n) is 5.88. The van der Waals surface area contributed by atoms with Gasteiger partial charge in [0.1, 0.15) is 6.04 Å². The minimum Gasteiger partial charge on any atom is -0.480 e. The molecular formula is C16H19N3O6. The van der Waals surface area contributed by atoms with E-state index in [1.54, 1.807) is 0 Å². The molecule has 0 aliphatic carbocycles. The summed E-state index contributed by atoms with van der Waals surface area (Å²) in [6.45, 7) is 1.55. The van der Waals surface area contributed by atoms with Crippen molar-refractivity contribution in [3.05, 3.63) is 39.4 Å². The first-order valence-electron chi connectivity index (χ1n) is 7.86. The van der Waals surface area contributed by atoms with Crippen LogP contribution in [0, 0.1) is 17.0 Å². The molecule has 1 saturated heterocycles. The molecule has 0 spiro atoms. The average Bonchev–Trinajstić information content (AvgIpc) is 2.58. The number of hydrogen-bond acceptors (Lipinski definition) is 5. The Morgan fingerprint density at radius 2 is 2.08 bits per heavy atom. The Morgan fingerprint density at radius 1 is 1.36 bits per heavy atom. The van der Waals surface area contributed by atoms with Gasteiger partial charge in [-0.05, 0) is 38.3 Å². The van der Waals surface area contributed by atoms with Crippen LogP contribution in [-0.4, -0.2) is 51.8 Å². The summed E-state index contributed by atoms with van der Waals surface area (Å²) in [5.41, 5.74) is 0.445. The third-order valence-corrected chi connectivity index (χ3v) is 4.16. The van der Waals surface area contributed by atoms with Crippen molar-refractivity contribution >= 4 is 23.5 Å². The van der Waals surface area contributed by atoms with Crippen LogP contribution in [0.25, 0.3) is 0 Å². The number of amides is 2. The van der Waals surface area contributed by atoms with E-state index in [1.807, 2.05) is 0 Å². The highest BCUT2D eigenvalue weighted by molar-refractivity contribution is 5.97. The number of nitro groups is 1. The Bertz CT molecular complexity index is 718. The van der Waals surface area contributed by atoms with Crippen LogP contribution in [0.2, 0.25) is 0 Å². The molecule has 0 radical (unpaired) electrons. The summed E-state index contributed by atoms with van der Waals surface area (Å²) in [6, 6.07) is 3.06. The molecule has 1 aromatic carbocycles. The van der Waals surface area contributed by atoms with Gasteiger partial charge in [-0.1, -0.05) is 0 Å². The van der Waals surface area contributed by atoms with Gasteiger partial charge < -0.3 is 15.3 Å². The quantitative estimate of drug-likeness (QED) is 0.605. The maximum absolute atomic E-state index is 12.2. The summed E-state index contributed by atoms with van der Waals surface area (Å²) in [6.07, 6.45) is 1.87.